The first-order chi connectivity index (χ1) is 8.66. The first-order valence-corrected chi connectivity index (χ1v) is 5.89. The maximum absolute atomic E-state index is 13.1. The SMILES string of the molecule is COc1ccc(N2CCC(CN)(CF)C2=O)cc1. The van der Waals surface area contributed by atoms with Crippen LogP contribution in [0.2, 0.25) is 0 Å². The molecule has 1 unspecified atom stereocenters. The van der Waals surface area contributed by atoms with Crippen molar-refractivity contribution in [2.75, 3.05) is 31.8 Å². The molecule has 1 fully saturated rings. The van der Waals surface area contributed by atoms with Crippen molar-refractivity contribution >= 4 is 11.6 Å². The van der Waals surface area contributed by atoms with Crippen molar-refractivity contribution in [3.8, 4) is 5.75 Å². The molecule has 0 aliphatic carbocycles. The van der Waals surface area contributed by atoms with Gasteiger partial charge in [-0.25, -0.2) is 4.39 Å². The van der Waals surface area contributed by atoms with Crippen molar-refractivity contribution in [2.45, 2.75) is 6.42 Å². The molecule has 2 rings (SSSR count). The lowest BCUT2D eigenvalue weighted by atomic mass is 9.88. The van der Waals surface area contributed by atoms with E-state index in [4.69, 9.17) is 10.5 Å². The predicted octanol–water partition coefficient (Wildman–Crippen LogP) is 1.35. The topological polar surface area (TPSA) is 55.6 Å². The third kappa shape index (κ3) is 1.95. The summed E-state index contributed by atoms with van der Waals surface area (Å²) in [7, 11) is 1.58. The summed E-state index contributed by atoms with van der Waals surface area (Å²) in [5.74, 6) is 0.499. The molecule has 0 aromatic heterocycles. The predicted molar refractivity (Wildman–Crippen MR) is 67.4 cm³/mol. The van der Waals surface area contributed by atoms with Crippen LogP contribution in [0.25, 0.3) is 0 Å². The van der Waals surface area contributed by atoms with Gasteiger partial charge in [-0.15, -0.1) is 0 Å². The normalized spacial score (nSPS) is 23.5. The molecule has 1 saturated heterocycles. The fourth-order valence-corrected chi connectivity index (χ4v) is 2.20. The van der Waals surface area contributed by atoms with Crippen molar-refractivity contribution in [2.24, 2.45) is 11.1 Å². The number of hydrogen-bond donors (Lipinski definition) is 1. The average molecular weight is 252 g/mol. The van der Waals surface area contributed by atoms with Gasteiger partial charge in [-0.2, -0.15) is 0 Å². The number of alkyl halides is 1. The van der Waals surface area contributed by atoms with Gasteiger partial charge in [0.25, 0.3) is 0 Å². The van der Waals surface area contributed by atoms with E-state index in [0.717, 1.165) is 11.4 Å². The van der Waals surface area contributed by atoms with E-state index in [-0.39, 0.29) is 12.5 Å². The second-order valence-corrected chi connectivity index (χ2v) is 4.52. The minimum absolute atomic E-state index is 0.0506. The maximum Gasteiger partial charge on any atom is 0.237 e. The van der Waals surface area contributed by atoms with Crippen LogP contribution in [-0.2, 0) is 4.79 Å². The van der Waals surface area contributed by atoms with Gasteiger partial charge in [0.2, 0.25) is 5.91 Å². The van der Waals surface area contributed by atoms with Crippen molar-refractivity contribution in [1.82, 2.24) is 0 Å². The molecule has 0 radical (unpaired) electrons. The molecule has 5 heteroatoms. The van der Waals surface area contributed by atoms with E-state index in [1.54, 1.807) is 36.3 Å². The monoisotopic (exact) mass is 252 g/mol. The third-order valence-corrected chi connectivity index (χ3v) is 3.54. The molecule has 0 spiro atoms. The van der Waals surface area contributed by atoms with Crippen molar-refractivity contribution in [3.05, 3.63) is 24.3 Å². The Bertz CT molecular complexity index is 429. The summed E-state index contributed by atoms with van der Waals surface area (Å²) in [6, 6.07) is 7.14. The number of benzene rings is 1. The zero-order valence-corrected chi connectivity index (χ0v) is 10.4. The van der Waals surface area contributed by atoms with Crippen molar-refractivity contribution in [1.29, 1.82) is 0 Å². The highest BCUT2D eigenvalue weighted by molar-refractivity contribution is 6.00. The Morgan fingerprint density at radius 2 is 2.11 bits per heavy atom. The van der Waals surface area contributed by atoms with Crippen LogP contribution in [0.4, 0.5) is 10.1 Å². The molecule has 1 amide bonds. The second kappa shape index (κ2) is 4.94. The van der Waals surface area contributed by atoms with E-state index in [1.165, 1.54) is 0 Å². The lowest BCUT2D eigenvalue weighted by Gasteiger charge is -2.23. The quantitative estimate of drug-likeness (QED) is 0.880. The maximum atomic E-state index is 13.1. The van der Waals surface area contributed by atoms with E-state index in [9.17, 15) is 9.18 Å². The number of carbonyl (C=O) groups is 1. The highest BCUT2D eigenvalue weighted by Gasteiger charge is 2.46. The van der Waals surface area contributed by atoms with Crippen molar-refractivity contribution < 1.29 is 13.9 Å². The summed E-state index contributed by atoms with van der Waals surface area (Å²) in [4.78, 5) is 13.8. The van der Waals surface area contributed by atoms with Gasteiger partial charge in [-0.05, 0) is 30.7 Å². The van der Waals surface area contributed by atoms with Gasteiger partial charge in [0.1, 0.15) is 12.4 Å². The number of methoxy groups -OCH3 is 1. The molecule has 0 saturated carbocycles. The molecule has 0 bridgehead atoms. The summed E-state index contributed by atoms with van der Waals surface area (Å²) < 4.78 is 18.1. The van der Waals surface area contributed by atoms with Gasteiger partial charge < -0.3 is 15.4 Å². The molecule has 1 atom stereocenters. The number of hydrogen-bond acceptors (Lipinski definition) is 3. The lowest BCUT2D eigenvalue weighted by Crippen LogP contribution is -2.41. The molecule has 1 aromatic carbocycles. The Hall–Kier alpha value is -1.62. The van der Waals surface area contributed by atoms with Gasteiger partial charge in [0, 0.05) is 18.8 Å². The Morgan fingerprint density at radius 1 is 1.44 bits per heavy atom. The van der Waals surface area contributed by atoms with Gasteiger partial charge in [0.15, 0.2) is 0 Å². The fraction of sp³-hybridized carbons (Fsp3) is 0.462. The first-order valence-electron chi connectivity index (χ1n) is 5.89. The van der Waals surface area contributed by atoms with Crippen LogP contribution in [-0.4, -0.2) is 32.8 Å². The molecule has 2 N–H and O–H groups in total. The number of amides is 1. The van der Waals surface area contributed by atoms with E-state index in [1.807, 2.05) is 0 Å². The van der Waals surface area contributed by atoms with Gasteiger partial charge in [-0.3, -0.25) is 4.79 Å². The largest absolute Gasteiger partial charge is 0.497 e. The van der Waals surface area contributed by atoms with Crippen LogP contribution in [0.15, 0.2) is 24.3 Å². The van der Waals surface area contributed by atoms with E-state index in [2.05, 4.69) is 0 Å². The lowest BCUT2D eigenvalue weighted by molar-refractivity contribution is -0.125. The zero-order chi connectivity index (χ0) is 13.2. The van der Waals surface area contributed by atoms with Crippen LogP contribution in [0, 0.1) is 5.41 Å². The summed E-state index contributed by atoms with van der Waals surface area (Å²) in [5.41, 5.74) is 5.27. The van der Waals surface area contributed by atoms with Crippen LogP contribution in [0.1, 0.15) is 6.42 Å². The Balaban J connectivity index is 2.22. The minimum Gasteiger partial charge on any atom is -0.497 e. The Kier molecular flexibility index (Phi) is 3.52. The Labute approximate surface area is 106 Å². The van der Waals surface area contributed by atoms with Gasteiger partial charge in [-0.1, -0.05) is 0 Å². The number of halogens is 1. The molecule has 1 aromatic rings. The molecule has 1 aliphatic heterocycles. The molecule has 4 nitrogen and oxygen atoms in total. The number of carbonyl (C=O) groups excluding carboxylic acids is 1. The van der Waals surface area contributed by atoms with Crippen LogP contribution >= 0.6 is 0 Å². The summed E-state index contributed by atoms with van der Waals surface area (Å²) in [6.45, 7) is -0.143. The molecule has 98 valence electrons. The second-order valence-electron chi connectivity index (χ2n) is 4.52. The third-order valence-electron chi connectivity index (χ3n) is 3.54. The van der Waals surface area contributed by atoms with E-state index < -0.39 is 12.1 Å². The van der Waals surface area contributed by atoms with Gasteiger partial charge in [0.05, 0.1) is 12.5 Å². The van der Waals surface area contributed by atoms with Crippen LogP contribution in [0.3, 0.4) is 0 Å². The van der Waals surface area contributed by atoms with Crippen LogP contribution < -0.4 is 15.4 Å². The minimum atomic E-state index is -1.03. The average Bonchev–Trinajstić information content (AvgIpc) is 2.76. The molecule has 18 heavy (non-hydrogen) atoms. The number of rotatable bonds is 4. The summed E-state index contributed by atoms with van der Waals surface area (Å²) >= 11 is 0. The number of ether oxygens (including phenoxy) is 1. The molecule has 1 aliphatic rings. The first kappa shape index (κ1) is 12.8. The number of anilines is 1. The Morgan fingerprint density at radius 3 is 2.56 bits per heavy atom. The number of nitrogens with zero attached hydrogens (tertiary/aromatic N) is 1. The smallest absolute Gasteiger partial charge is 0.237 e. The number of nitrogens with two attached hydrogens (primary N) is 1. The van der Waals surface area contributed by atoms with Crippen molar-refractivity contribution in [3.63, 3.8) is 0 Å². The fourth-order valence-electron chi connectivity index (χ4n) is 2.20. The molecule has 1 heterocycles. The highest BCUT2D eigenvalue weighted by Crippen LogP contribution is 2.35. The standard InChI is InChI=1S/C13H17FN2O2/c1-18-11-4-2-10(3-5-11)16-7-6-13(8-14,9-15)12(16)17/h2-5H,6-9,15H2,1H3. The summed E-state index contributed by atoms with van der Waals surface area (Å²) in [6.07, 6.45) is 0.463. The molecular weight excluding hydrogens is 235 g/mol. The molecular formula is C13H17FN2O2. The van der Waals surface area contributed by atoms with E-state index >= 15 is 0 Å². The van der Waals surface area contributed by atoms with Gasteiger partial charge >= 0.3 is 0 Å². The zero-order valence-electron chi connectivity index (χ0n) is 10.4. The summed E-state index contributed by atoms with van der Waals surface area (Å²) in [5, 5.41) is 0. The van der Waals surface area contributed by atoms with Crippen LogP contribution in [0.5, 0.6) is 5.75 Å². The van der Waals surface area contributed by atoms with E-state index in [0.29, 0.717) is 13.0 Å². The highest BCUT2D eigenvalue weighted by atomic mass is 19.1.